The molecule has 4 nitrogen and oxygen atoms in total. The van der Waals surface area contributed by atoms with Gasteiger partial charge in [0.05, 0.1) is 17.0 Å². The first-order valence-electron chi connectivity index (χ1n) is 8.26. The van der Waals surface area contributed by atoms with Crippen molar-refractivity contribution in [3.05, 3.63) is 34.4 Å². The highest BCUT2D eigenvalue weighted by molar-refractivity contribution is 9.69. The predicted molar refractivity (Wildman–Crippen MR) is 126 cm³/mol. The van der Waals surface area contributed by atoms with Crippen LogP contribution in [0.25, 0.3) is 10.4 Å². The van der Waals surface area contributed by atoms with Gasteiger partial charge in [0.2, 0.25) is 0 Å². The Morgan fingerprint density at radius 3 is 2.59 bits per heavy atom. The average molecular weight is 621 g/mol. The number of nitrogens with zero attached hydrogens (tertiary/aromatic N) is 1. The maximum atomic E-state index is 11.0. The number of hydrogen-bond donors (Lipinski definition) is 1. The van der Waals surface area contributed by atoms with Crippen molar-refractivity contribution in [2.75, 3.05) is 7.11 Å². The normalized spacial score (nSPS) is 10.1. The third-order valence-corrected chi connectivity index (χ3v) is 4.85. The van der Waals surface area contributed by atoms with Gasteiger partial charge in [-0.3, -0.25) is 4.79 Å². The van der Waals surface area contributed by atoms with Crippen LogP contribution in [0.1, 0.15) is 37.1 Å². The highest BCUT2D eigenvalue weighted by Crippen LogP contribution is 2.35. The SMILES string of the molecule is COC(=O)CCCCCCc1ncc(-c2cc(Cl)ccc2O)s1.[Br][Al]([Br])[Br]. The lowest BCUT2D eigenvalue weighted by molar-refractivity contribution is -0.140. The van der Waals surface area contributed by atoms with E-state index in [-0.39, 0.29) is 11.7 Å². The van der Waals surface area contributed by atoms with E-state index in [1.165, 1.54) is 7.11 Å². The summed E-state index contributed by atoms with van der Waals surface area (Å²) in [5.41, 5.74) is 0.722. The number of rotatable bonds is 8. The molecule has 0 aliphatic heterocycles. The third-order valence-electron chi connectivity index (χ3n) is 3.53. The van der Waals surface area contributed by atoms with Crippen molar-refractivity contribution in [2.24, 2.45) is 0 Å². The molecule has 0 aliphatic carbocycles. The Morgan fingerprint density at radius 2 is 1.93 bits per heavy atom. The van der Waals surface area contributed by atoms with Gasteiger partial charge >= 0.3 is 14.6 Å². The van der Waals surface area contributed by atoms with Crippen molar-refractivity contribution in [1.29, 1.82) is 0 Å². The van der Waals surface area contributed by atoms with Crippen LogP contribution < -0.4 is 0 Å². The molecule has 2 aromatic rings. The topological polar surface area (TPSA) is 59.4 Å². The molecule has 0 bridgehead atoms. The minimum absolute atomic E-state index is 0.143. The summed E-state index contributed by atoms with van der Waals surface area (Å²) in [6.45, 7) is 0. The van der Waals surface area contributed by atoms with Gasteiger partial charge in [0, 0.05) is 23.2 Å². The van der Waals surface area contributed by atoms with E-state index < -0.39 is 8.67 Å². The maximum absolute atomic E-state index is 11.0. The fraction of sp³-hybridized carbons (Fsp3) is 0.412. The number of carbonyl (C=O) groups is 1. The van der Waals surface area contributed by atoms with Gasteiger partial charge in [0.15, 0.2) is 0 Å². The Balaban J connectivity index is 0.000000828. The van der Waals surface area contributed by atoms with Crippen LogP contribution in [-0.4, -0.2) is 31.8 Å². The van der Waals surface area contributed by atoms with Crippen LogP contribution in [0.5, 0.6) is 5.75 Å². The zero-order valence-corrected chi connectivity index (χ0v) is 22.2. The Morgan fingerprint density at radius 1 is 1.26 bits per heavy atom. The van der Waals surface area contributed by atoms with Crippen molar-refractivity contribution in [3.63, 3.8) is 0 Å². The number of aryl methyl sites for hydroxylation is 1. The molecule has 0 radical (unpaired) electrons. The van der Waals surface area contributed by atoms with E-state index in [1.807, 2.05) is 0 Å². The molecular weight excluding hydrogens is 600 g/mol. The quantitative estimate of drug-likeness (QED) is 0.196. The summed E-state index contributed by atoms with van der Waals surface area (Å²) in [6.07, 6.45) is 7.16. The van der Waals surface area contributed by atoms with E-state index in [0.717, 1.165) is 47.6 Å². The summed E-state index contributed by atoms with van der Waals surface area (Å²) in [4.78, 5) is 16.3. The zero-order chi connectivity index (χ0) is 20.2. The molecule has 0 spiro atoms. The molecule has 0 aliphatic rings. The molecule has 0 fully saturated rings. The van der Waals surface area contributed by atoms with Crippen LogP contribution in [0.3, 0.4) is 0 Å². The van der Waals surface area contributed by atoms with Crippen molar-refractivity contribution < 1.29 is 14.6 Å². The Hall–Kier alpha value is 0.382. The van der Waals surface area contributed by atoms with Gasteiger partial charge in [-0.15, -0.1) is 11.3 Å². The number of aromatic hydroxyl groups is 1. The number of aromatic nitrogens is 1. The van der Waals surface area contributed by atoms with Crippen LogP contribution in [0, 0.1) is 0 Å². The number of methoxy groups -OCH3 is 1. The fourth-order valence-electron chi connectivity index (χ4n) is 2.26. The monoisotopic (exact) mass is 617 g/mol. The summed E-state index contributed by atoms with van der Waals surface area (Å²) in [5, 5.41) is 11.6. The second kappa shape index (κ2) is 14.4. The van der Waals surface area contributed by atoms with Crippen molar-refractivity contribution in [3.8, 4) is 16.2 Å². The Kier molecular flexibility index (Phi) is 13.5. The number of unbranched alkanes of at least 4 members (excludes halogenated alkanes) is 3. The summed E-state index contributed by atoms with van der Waals surface area (Å²) >= 11 is 17.3. The number of esters is 1. The molecule has 0 amide bonds. The number of benzene rings is 1. The molecule has 0 atom stereocenters. The summed E-state index contributed by atoms with van der Waals surface area (Å²) < 4.78 is 4.61. The van der Waals surface area contributed by atoms with Crippen LogP contribution in [0.2, 0.25) is 5.02 Å². The molecule has 1 aromatic carbocycles. The second-order valence-corrected chi connectivity index (χ2v) is 26.9. The summed E-state index contributed by atoms with van der Waals surface area (Å²) in [5.74, 6) is 0.0725. The number of ether oxygens (including phenoxy) is 1. The number of phenolic OH excluding ortho intramolecular Hbond substituents is 1. The minimum Gasteiger partial charge on any atom is -0.507 e. The molecule has 1 N–H and O–H groups in total. The predicted octanol–water partition coefficient (Wildman–Crippen LogP) is 6.99. The first kappa shape index (κ1) is 25.4. The molecule has 0 unspecified atom stereocenters. The van der Waals surface area contributed by atoms with Gasteiger partial charge in [-0.05, 0) is 37.5 Å². The van der Waals surface area contributed by atoms with E-state index >= 15 is 0 Å². The number of hydrogen-bond acceptors (Lipinski definition) is 5. The molecular formula is C17H20AlBr3ClNO3S. The molecule has 1 aromatic heterocycles. The first-order chi connectivity index (χ1) is 12.8. The highest BCUT2D eigenvalue weighted by Gasteiger charge is 2.09. The van der Waals surface area contributed by atoms with E-state index in [2.05, 4.69) is 51.9 Å². The summed E-state index contributed by atoms with van der Waals surface area (Å²) in [7, 11) is 0.715. The number of phenols is 1. The Bertz CT molecular complexity index is 716. The van der Waals surface area contributed by atoms with Crippen molar-refractivity contribution in [2.45, 2.75) is 38.5 Å². The maximum Gasteiger partial charge on any atom is 0.542 e. The van der Waals surface area contributed by atoms with Gasteiger partial charge in [-0.2, -0.15) is 42.2 Å². The third kappa shape index (κ3) is 11.2. The first-order valence-corrected chi connectivity index (χ1v) is 19.0. The number of halogens is 4. The minimum atomic E-state index is -0.701. The van der Waals surface area contributed by atoms with E-state index in [0.29, 0.717) is 11.4 Å². The molecule has 27 heavy (non-hydrogen) atoms. The molecule has 0 saturated carbocycles. The van der Waals surface area contributed by atoms with Crippen LogP contribution >= 0.6 is 65.1 Å². The van der Waals surface area contributed by atoms with Crippen LogP contribution in [0.4, 0.5) is 0 Å². The van der Waals surface area contributed by atoms with E-state index in [1.54, 1.807) is 35.7 Å². The van der Waals surface area contributed by atoms with Crippen LogP contribution in [0.15, 0.2) is 24.4 Å². The lowest BCUT2D eigenvalue weighted by atomic mass is 10.1. The Labute approximate surface area is 194 Å². The van der Waals surface area contributed by atoms with Crippen molar-refractivity contribution >= 4 is 79.7 Å². The molecule has 148 valence electrons. The molecule has 10 heteroatoms. The summed E-state index contributed by atoms with van der Waals surface area (Å²) in [6, 6.07) is 5.01. The van der Waals surface area contributed by atoms with Crippen LogP contribution in [-0.2, 0) is 16.0 Å². The standard InChI is InChI=1S/C17H20ClNO3S.Al.3BrH/c1-22-17(21)7-5-3-2-4-6-16-19-11-15(23-16)13-10-12(18)8-9-14(13)20;;;;/h8-11,20H,2-7H2,1H3;;3*1H/q;+3;;;/p-3. The second-order valence-electron chi connectivity index (χ2n) is 5.52. The van der Waals surface area contributed by atoms with Gasteiger partial charge in [-0.1, -0.05) is 24.4 Å². The van der Waals surface area contributed by atoms with E-state index in [4.69, 9.17) is 11.6 Å². The number of carbonyl (C=O) groups excluding carboxylic acids is 1. The lowest BCUT2D eigenvalue weighted by Crippen LogP contribution is -1.99. The zero-order valence-electron chi connectivity index (χ0n) is 14.8. The van der Waals surface area contributed by atoms with Crippen molar-refractivity contribution in [1.82, 2.24) is 4.98 Å². The molecule has 0 saturated heterocycles. The fourth-order valence-corrected chi connectivity index (χ4v) is 3.41. The molecule has 1 heterocycles. The smallest absolute Gasteiger partial charge is 0.507 e. The van der Waals surface area contributed by atoms with Gasteiger partial charge in [0.25, 0.3) is 0 Å². The van der Waals surface area contributed by atoms with Gasteiger partial charge in [-0.25, -0.2) is 4.98 Å². The largest absolute Gasteiger partial charge is 0.542 e. The number of thiazole rings is 1. The average Bonchev–Trinajstić information content (AvgIpc) is 3.08. The lowest BCUT2D eigenvalue weighted by Gasteiger charge is -2.01. The van der Waals surface area contributed by atoms with Gasteiger partial charge in [0.1, 0.15) is 5.75 Å². The molecule has 2 rings (SSSR count). The van der Waals surface area contributed by atoms with E-state index in [9.17, 15) is 9.90 Å². The highest BCUT2D eigenvalue weighted by atomic mass is 80.0. The van der Waals surface area contributed by atoms with Gasteiger partial charge < -0.3 is 9.84 Å².